The minimum Gasteiger partial charge on any atom is -0.479 e. The number of rotatable bonds is 8. The Balaban J connectivity index is 1.77. The van der Waals surface area contributed by atoms with E-state index >= 15 is 0 Å². The van der Waals surface area contributed by atoms with Gasteiger partial charge >= 0.3 is 11.9 Å². The lowest BCUT2D eigenvalue weighted by atomic mass is 9.96. The van der Waals surface area contributed by atoms with Crippen molar-refractivity contribution in [1.82, 2.24) is 0 Å². The van der Waals surface area contributed by atoms with E-state index in [-0.39, 0.29) is 0 Å². The quantitative estimate of drug-likeness (QED) is 0.318. The Hall–Kier alpha value is -4.26. The Labute approximate surface area is 202 Å². The van der Waals surface area contributed by atoms with Crippen LogP contribution in [0.5, 0.6) is 11.5 Å². The van der Waals surface area contributed by atoms with Gasteiger partial charge in [0, 0.05) is 16.5 Å². The number of carboxylic acids is 2. The molecule has 0 aliphatic heterocycles. The van der Waals surface area contributed by atoms with E-state index in [4.69, 9.17) is 24.1 Å². The van der Waals surface area contributed by atoms with E-state index in [2.05, 4.69) is 6.07 Å². The highest BCUT2D eigenvalue weighted by Crippen LogP contribution is 2.42. The fourth-order valence-corrected chi connectivity index (χ4v) is 3.74. The lowest BCUT2D eigenvalue weighted by Gasteiger charge is -2.12. The number of aryl methyl sites for hydroxylation is 2. The van der Waals surface area contributed by atoms with Crippen molar-refractivity contribution in [2.75, 3.05) is 0 Å². The largest absolute Gasteiger partial charge is 0.479 e. The van der Waals surface area contributed by atoms with Crippen LogP contribution in [0.2, 0.25) is 0 Å². The number of hydrogen-bond donors (Lipinski definition) is 2. The van der Waals surface area contributed by atoms with E-state index in [1.165, 1.54) is 13.8 Å². The molecule has 0 aliphatic rings. The Morgan fingerprint density at radius 2 is 1.20 bits per heavy atom. The topological polar surface area (TPSA) is 106 Å². The highest BCUT2D eigenvalue weighted by Gasteiger charge is 2.20. The van der Waals surface area contributed by atoms with E-state index in [9.17, 15) is 9.59 Å². The van der Waals surface area contributed by atoms with E-state index in [0.29, 0.717) is 17.3 Å². The molecule has 7 heteroatoms. The molecule has 0 spiro atoms. The molecule has 2 unspecified atom stereocenters. The number of furan rings is 1. The summed E-state index contributed by atoms with van der Waals surface area (Å²) in [5.41, 5.74) is 5.58. The summed E-state index contributed by atoms with van der Waals surface area (Å²) in [5, 5.41) is 19.1. The first-order valence-electron chi connectivity index (χ1n) is 11.2. The fraction of sp³-hybridized carbons (Fsp3) is 0.214. The minimum absolute atomic E-state index is 0.446. The van der Waals surface area contributed by atoms with Crippen LogP contribution in [0.1, 0.15) is 25.0 Å². The Morgan fingerprint density at radius 1 is 0.743 bits per heavy atom. The van der Waals surface area contributed by atoms with Gasteiger partial charge in [0.1, 0.15) is 22.8 Å². The van der Waals surface area contributed by atoms with Gasteiger partial charge in [0.05, 0.1) is 0 Å². The molecule has 4 aromatic rings. The molecular weight excluding hydrogens is 448 g/mol. The molecular formula is C28H26O7. The summed E-state index contributed by atoms with van der Waals surface area (Å²) >= 11 is 0. The monoisotopic (exact) mass is 474 g/mol. The zero-order valence-electron chi connectivity index (χ0n) is 19.9. The Kier molecular flexibility index (Phi) is 6.51. The third-order valence-corrected chi connectivity index (χ3v) is 5.89. The van der Waals surface area contributed by atoms with Gasteiger partial charge in [-0.15, -0.1) is 0 Å². The van der Waals surface area contributed by atoms with Gasteiger partial charge in [0.2, 0.25) is 0 Å². The molecule has 2 N–H and O–H groups in total. The van der Waals surface area contributed by atoms with Gasteiger partial charge in [-0.25, -0.2) is 9.59 Å². The number of benzene rings is 3. The van der Waals surface area contributed by atoms with Crippen molar-refractivity contribution in [3.05, 3.63) is 71.8 Å². The van der Waals surface area contributed by atoms with E-state index in [0.717, 1.165) is 38.8 Å². The molecule has 0 aliphatic carbocycles. The second-order valence-corrected chi connectivity index (χ2v) is 8.48. The summed E-state index contributed by atoms with van der Waals surface area (Å²) in [6.07, 6.45) is -1.92. The fourth-order valence-electron chi connectivity index (χ4n) is 3.74. The van der Waals surface area contributed by atoms with Crippen LogP contribution < -0.4 is 9.47 Å². The predicted molar refractivity (Wildman–Crippen MR) is 132 cm³/mol. The molecule has 1 aromatic heterocycles. The van der Waals surface area contributed by atoms with Gasteiger partial charge in [0.25, 0.3) is 0 Å². The number of aliphatic carboxylic acids is 2. The molecule has 0 bridgehead atoms. The summed E-state index contributed by atoms with van der Waals surface area (Å²) in [7, 11) is 0. The van der Waals surface area contributed by atoms with Crippen LogP contribution in [0.25, 0.3) is 33.4 Å². The first-order chi connectivity index (χ1) is 16.6. The van der Waals surface area contributed by atoms with Crippen LogP contribution in [-0.2, 0) is 9.59 Å². The molecule has 35 heavy (non-hydrogen) atoms. The zero-order chi connectivity index (χ0) is 25.3. The van der Waals surface area contributed by atoms with Crippen LogP contribution in [0.4, 0.5) is 0 Å². The average Bonchev–Trinajstić information content (AvgIpc) is 3.18. The minimum atomic E-state index is -1.04. The highest BCUT2D eigenvalue weighted by atomic mass is 16.5. The van der Waals surface area contributed by atoms with Crippen molar-refractivity contribution < 1.29 is 33.7 Å². The number of hydrogen-bond acceptors (Lipinski definition) is 5. The molecule has 0 fully saturated rings. The van der Waals surface area contributed by atoms with Crippen LogP contribution in [0, 0.1) is 13.8 Å². The van der Waals surface area contributed by atoms with E-state index < -0.39 is 24.1 Å². The molecule has 180 valence electrons. The van der Waals surface area contributed by atoms with Crippen LogP contribution in [0.3, 0.4) is 0 Å². The summed E-state index contributed by atoms with van der Waals surface area (Å²) in [6.45, 7) is 7.03. The molecule has 0 amide bonds. The van der Waals surface area contributed by atoms with Gasteiger partial charge in [-0.05, 0) is 92.9 Å². The Morgan fingerprint density at radius 3 is 1.69 bits per heavy atom. The number of fused-ring (bicyclic) bond motifs is 1. The number of carbonyl (C=O) groups is 2. The maximum absolute atomic E-state index is 11.1. The van der Waals surface area contributed by atoms with Crippen molar-refractivity contribution in [2.45, 2.75) is 39.9 Å². The van der Waals surface area contributed by atoms with E-state index in [1.54, 1.807) is 24.3 Å². The molecule has 0 saturated heterocycles. The van der Waals surface area contributed by atoms with Gasteiger partial charge in [-0.2, -0.15) is 0 Å². The van der Waals surface area contributed by atoms with Gasteiger partial charge < -0.3 is 24.1 Å². The average molecular weight is 475 g/mol. The zero-order valence-corrected chi connectivity index (χ0v) is 19.9. The lowest BCUT2D eigenvalue weighted by molar-refractivity contribution is -0.145. The summed E-state index contributed by atoms with van der Waals surface area (Å²) in [5.74, 6) is -0.505. The first-order valence-corrected chi connectivity index (χ1v) is 11.2. The summed E-state index contributed by atoms with van der Waals surface area (Å²) in [6, 6.07) is 18.4. The van der Waals surface area contributed by atoms with Crippen LogP contribution >= 0.6 is 0 Å². The SMILES string of the molecule is Cc1cc2oc(-c3ccc(OC(C)C(=O)O)cc3)c(-c3ccc(OC(C)C(=O)O)cc3)c2cc1C. The van der Waals surface area contributed by atoms with Crippen molar-refractivity contribution in [2.24, 2.45) is 0 Å². The van der Waals surface area contributed by atoms with Crippen molar-refractivity contribution in [3.63, 3.8) is 0 Å². The van der Waals surface area contributed by atoms with Crippen molar-refractivity contribution in [1.29, 1.82) is 0 Å². The Bertz CT molecular complexity index is 1380. The summed E-state index contributed by atoms with van der Waals surface area (Å²) in [4.78, 5) is 22.2. The third-order valence-electron chi connectivity index (χ3n) is 5.89. The molecule has 7 nitrogen and oxygen atoms in total. The number of carboxylic acid groups (broad SMARTS) is 2. The number of ether oxygens (including phenoxy) is 2. The lowest BCUT2D eigenvalue weighted by Crippen LogP contribution is -2.22. The van der Waals surface area contributed by atoms with Gasteiger partial charge in [-0.1, -0.05) is 12.1 Å². The van der Waals surface area contributed by atoms with Crippen molar-refractivity contribution >= 4 is 22.9 Å². The molecule has 3 aromatic carbocycles. The second-order valence-electron chi connectivity index (χ2n) is 8.48. The third kappa shape index (κ3) is 4.99. The van der Waals surface area contributed by atoms with Crippen LogP contribution in [0.15, 0.2) is 65.1 Å². The maximum atomic E-state index is 11.1. The maximum Gasteiger partial charge on any atom is 0.344 e. The van der Waals surface area contributed by atoms with Crippen molar-refractivity contribution in [3.8, 4) is 33.9 Å². The molecule has 0 saturated carbocycles. The molecule has 2 atom stereocenters. The second kappa shape index (κ2) is 9.54. The smallest absolute Gasteiger partial charge is 0.344 e. The molecule has 0 radical (unpaired) electrons. The van der Waals surface area contributed by atoms with Gasteiger partial charge in [0.15, 0.2) is 12.2 Å². The molecule has 4 rings (SSSR count). The summed E-state index contributed by atoms with van der Waals surface area (Å²) < 4.78 is 17.2. The predicted octanol–water partition coefficient (Wildman–Crippen LogP) is 6.09. The molecule has 1 heterocycles. The van der Waals surface area contributed by atoms with Crippen LogP contribution in [-0.4, -0.2) is 34.4 Å². The first kappa shape index (κ1) is 23.9. The standard InChI is InChI=1S/C28H26O7/c1-15-13-23-24(14-16(15)2)35-26(20-7-11-22(12-8-20)34-18(4)28(31)32)25(23)19-5-9-21(10-6-19)33-17(3)27(29)30/h5-14,17-18H,1-4H3,(H,29,30)(H,31,32). The normalized spacial score (nSPS) is 12.8. The van der Waals surface area contributed by atoms with E-state index in [1.807, 2.05) is 44.2 Å². The van der Waals surface area contributed by atoms with Gasteiger partial charge in [-0.3, -0.25) is 0 Å². The highest BCUT2D eigenvalue weighted by molar-refractivity contribution is 6.02.